The number of hydrogen-bond acceptors (Lipinski definition) is 6. The van der Waals surface area contributed by atoms with Crippen molar-refractivity contribution >= 4 is 23.8 Å². The predicted molar refractivity (Wildman–Crippen MR) is 127 cm³/mol. The number of aromatic nitrogens is 1. The molecule has 184 valence electrons. The fourth-order valence-corrected chi connectivity index (χ4v) is 3.45. The highest BCUT2D eigenvalue weighted by Crippen LogP contribution is 2.23. The van der Waals surface area contributed by atoms with Crippen molar-refractivity contribution in [3.8, 4) is 0 Å². The number of hydrazine groups is 1. The maximum absolute atomic E-state index is 12.4. The van der Waals surface area contributed by atoms with E-state index in [9.17, 15) is 14.4 Å². The van der Waals surface area contributed by atoms with Crippen LogP contribution in [0, 0.1) is 5.41 Å². The highest BCUT2D eigenvalue weighted by molar-refractivity contribution is 5.83. The summed E-state index contributed by atoms with van der Waals surface area (Å²) in [6.07, 6.45) is 4.06. The first-order valence-electron chi connectivity index (χ1n) is 11.5. The molecule has 10 heteroatoms. The van der Waals surface area contributed by atoms with Gasteiger partial charge in [0, 0.05) is 37.3 Å². The molecule has 2 rings (SSSR count). The van der Waals surface area contributed by atoms with Gasteiger partial charge in [0.25, 0.3) is 0 Å². The van der Waals surface area contributed by atoms with Crippen molar-refractivity contribution in [2.45, 2.75) is 71.9 Å². The Balaban J connectivity index is 1.59. The van der Waals surface area contributed by atoms with E-state index in [0.717, 1.165) is 38.2 Å². The van der Waals surface area contributed by atoms with E-state index in [2.05, 4.69) is 31.4 Å². The summed E-state index contributed by atoms with van der Waals surface area (Å²) in [4.78, 5) is 42.7. The lowest BCUT2D eigenvalue weighted by Crippen LogP contribution is -2.49. The zero-order valence-electron chi connectivity index (χ0n) is 20.4. The molecule has 0 aromatic carbocycles. The molecule has 33 heavy (non-hydrogen) atoms. The molecule has 1 aliphatic rings. The zero-order valence-corrected chi connectivity index (χ0v) is 20.4. The van der Waals surface area contributed by atoms with E-state index in [0.29, 0.717) is 13.0 Å². The van der Waals surface area contributed by atoms with Crippen molar-refractivity contribution in [3.63, 3.8) is 0 Å². The molecule has 0 radical (unpaired) electrons. The van der Waals surface area contributed by atoms with Crippen LogP contribution in [-0.2, 0) is 9.53 Å². The van der Waals surface area contributed by atoms with Crippen LogP contribution in [0.25, 0.3) is 0 Å². The van der Waals surface area contributed by atoms with Crippen LogP contribution in [0.5, 0.6) is 0 Å². The SMILES string of the molecule is CC(C)(C)OC(=O)NNC(=O)C(C)(C)CCCCNC(=O)NC1CCN(c2ccccn2)C1. The molecule has 0 saturated carbocycles. The van der Waals surface area contributed by atoms with E-state index < -0.39 is 17.1 Å². The second-order valence-corrected chi connectivity index (χ2v) is 9.94. The van der Waals surface area contributed by atoms with Gasteiger partial charge >= 0.3 is 12.1 Å². The summed E-state index contributed by atoms with van der Waals surface area (Å²) in [5.41, 5.74) is 3.37. The summed E-state index contributed by atoms with van der Waals surface area (Å²) in [6.45, 7) is 11.0. The van der Waals surface area contributed by atoms with Crippen molar-refractivity contribution in [1.29, 1.82) is 0 Å². The second-order valence-electron chi connectivity index (χ2n) is 9.94. The number of pyridine rings is 1. The van der Waals surface area contributed by atoms with Crippen LogP contribution in [0.3, 0.4) is 0 Å². The Morgan fingerprint density at radius 3 is 2.55 bits per heavy atom. The third kappa shape index (κ3) is 9.55. The number of nitrogens with zero attached hydrogens (tertiary/aromatic N) is 2. The van der Waals surface area contributed by atoms with Crippen LogP contribution in [0.15, 0.2) is 24.4 Å². The van der Waals surface area contributed by atoms with Crippen molar-refractivity contribution in [2.24, 2.45) is 5.41 Å². The van der Waals surface area contributed by atoms with Gasteiger partial charge in [0.05, 0.1) is 0 Å². The lowest BCUT2D eigenvalue weighted by molar-refractivity contribution is -0.130. The third-order valence-electron chi connectivity index (χ3n) is 5.30. The highest BCUT2D eigenvalue weighted by Gasteiger charge is 2.28. The van der Waals surface area contributed by atoms with Gasteiger partial charge < -0.3 is 20.3 Å². The van der Waals surface area contributed by atoms with Crippen molar-refractivity contribution in [1.82, 2.24) is 26.5 Å². The standard InChI is InChI=1S/C23H38N6O4/c1-22(2,3)33-21(32)28-27-19(30)23(4,5)12-7-9-14-25-20(31)26-17-11-15-29(16-17)18-10-6-8-13-24-18/h6,8,10,13,17H,7,9,11-12,14-16H2,1-5H3,(H,27,30)(H,28,32)(H2,25,26,31). The Morgan fingerprint density at radius 2 is 1.88 bits per heavy atom. The minimum Gasteiger partial charge on any atom is -0.443 e. The quantitative estimate of drug-likeness (QED) is 0.348. The first kappa shape index (κ1) is 26.2. The molecule has 1 saturated heterocycles. The Hall–Kier alpha value is -3.04. The Kier molecular flexibility index (Phi) is 9.31. The van der Waals surface area contributed by atoms with Crippen molar-refractivity contribution in [3.05, 3.63) is 24.4 Å². The molecule has 1 aliphatic heterocycles. The van der Waals surface area contributed by atoms with Crippen LogP contribution >= 0.6 is 0 Å². The topological polar surface area (TPSA) is 125 Å². The van der Waals surface area contributed by atoms with Gasteiger partial charge in [-0.05, 0) is 52.2 Å². The summed E-state index contributed by atoms with van der Waals surface area (Å²) >= 11 is 0. The molecule has 1 aromatic rings. The van der Waals surface area contributed by atoms with Gasteiger partial charge in [0.1, 0.15) is 11.4 Å². The molecule has 1 atom stereocenters. The smallest absolute Gasteiger partial charge is 0.426 e. The monoisotopic (exact) mass is 462 g/mol. The molecule has 1 aromatic heterocycles. The van der Waals surface area contributed by atoms with Crippen molar-refractivity contribution in [2.75, 3.05) is 24.5 Å². The minimum atomic E-state index is -0.702. The largest absolute Gasteiger partial charge is 0.443 e. The number of urea groups is 1. The number of rotatable bonds is 8. The lowest BCUT2D eigenvalue weighted by Gasteiger charge is -2.25. The average Bonchev–Trinajstić information content (AvgIpc) is 3.19. The van der Waals surface area contributed by atoms with E-state index in [1.165, 1.54) is 0 Å². The maximum atomic E-state index is 12.4. The Morgan fingerprint density at radius 1 is 1.12 bits per heavy atom. The number of carbonyl (C=O) groups excluding carboxylic acids is 3. The van der Waals surface area contributed by atoms with Gasteiger partial charge in [-0.2, -0.15) is 0 Å². The van der Waals surface area contributed by atoms with E-state index in [1.807, 2.05) is 32.0 Å². The summed E-state index contributed by atoms with van der Waals surface area (Å²) in [7, 11) is 0. The zero-order chi connectivity index (χ0) is 24.5. The van der Waals surface area contributed by atoms with Gasteiger partial charge in [0.2, 0.25) is 5.91 Å². The molecule has 2 heterocycles. The number of unbranched alkanes of at least 4 members (excludes halogenated alkanes) is 1. The fraction of sp³-hybridized carbons (Fsp3) is 0.652. The molecule has 1 fully saturated rings. The summed E-state index contributed by atoms with van der Waals surface area (Å²) in [5.74, 6) is 0.632. The van der Waals surface area contributed by atoms with Crippen LogP contribution in [0.2, 0.25) is 0 Å². The van der Waals surface area contributed by atoms with E-state index in [1.54, 1.807) is 27.0 Å². The number of amides is 4. The minimum absolute atomic E-state index is 0.0899. The molecule has 4 N–H and O–H groups in total. The maximum Gasteiger partial charge on any atom is 0.426 e. The number of hydrogen-bond donors (Lipinski definition) is 4. The van der Waals surface area contributed by atoms with Crippen LogP contribution in [-0.4, -0.2) is 54.3 Å². The summed E-state index contributed by atoms with van der Waals surface area (Å²) in [5, 5.41) is 5.89. The summed E-state index contributed by atoms with van der Waals surface area (Å²) < 4.78 is 5.10. The Labute approximate surface area is 196 Å². The molecule has 0 aliphatic carbocycles. The van der Waals surface area contributed by atoms with Gasteiger partial charge in [0.15, 0.2) is 0 Å². The number of ether oxygens (including phenoxy) is 1. The molecule has 4 amide bonds. The van der Waals surface area contributed by atoms with Gasteiger partial charge in [-0.15, -0.1) is 0 Å². The molecular formula is C23H38N6O4. The van der Waals surface area contributed by atoms with Gasteiger partial charge in [-0.25, -0.2) is 20.0 Å². The first-order chi connectivity index (χ1) is 15.5. The third-order valence-corrected chi connectivity index (χ3v) is 5.30. The molecule has 0 spiro atoms. The van der Waals surface area contributed by atoms with Crippen LogP contribution in [0.4, 0.5) is 15.4 Å². The van der Waals surface area contributed by atoms with Gasteiger partial charge in [-0.1, -0.05) is 26.3 Å². The molecule has 1 unspecified atom stereocenters. The van der Waals surface area contributed by atoms with Crippen molar-refractivity contribution < 1.29 is 19.1 Å². The lowest BCUT2D eigenvalue weighted by atomic mass is 9.86. The summed E-state index contributed by atoms with van der Waals surface area (Å²) in [6, 6.07) is 5.72. The molecule has 10 nitrogen and oxygen atoms in total. The number of anilines is 1. The predicted octanol–water partition coefficient (Wildman–Crippen LogP) is 2.71. The van der Waals surface area contributed by atoms with E-state index >= 15 is 0 Å². The first-order valence-corrected chi connectivity index (χ1v) is 11.5. The molecule has 0 bridgehead atoms. The highest BCUT2D eigenvalue weighted by atomic mass is 16.6. The fourth-order valence-electron chi connectivity index (χ4n) is 3.45. The van der Waals surface area contributed by atoms with Crippen LogP contribution < -0.4 is 26.4 Å². The van der Waals surface area contributed by atoms with E-state index in [4.69, 9.17) is 4.74 Å². The van der Waals surface area contributed by atoms with E-state index in [-0.39, 0.29) is 18.0 Å². The number of nitrogens with one attached hydrogen (secondary N) is 4. The normalized spacial score (nSPS) is 16.2. The Bertz CT molecular complexity index is 794. The molecular weight excluding hydrogens is 424 g/mol. The van der Waals surface area contributed by atoms with Gasteiger partial charge in [-0.3, -0.25) is 10.2 Å². The van der Waals surface area contributed by atoms with Crippen LogP contribution in [0.1, 0.15) is 60.3 Å². The average molecular weight is 463 g/mol. The number of carbonyl (C=O) groups is 3. The second kappa shape index (κ2) is 11.7.